The van der Waals surface area contributed by atoms with Crippen molar-refractivity contribution >= 4 is 22.9 Å². The molecular formula is C19H24N2O2S. The fourth-order valence-electron chi connectivity index (χ4n) is 2.89. The van der Waals surface area contributed by atoms with Crippen molar-refractivity contribution in [3.8, 4) is 0 Å². The zero-order chi connectivity index (χ0) is 16.8. The van der Waals surface area contributed by atoms with E-state index in [1.165, 1.54) is 5.56 Å². The van der Waals surface area contributed by atoms with Gasteiger partial charge in [0.15, 0.2) is 0 Å². The van der Waals surface area contributed by atoms with Crippen molar-refractivity contribution in [2.75, 3.05) is 11.9 Å². The van der Waals surface area contributed by atoms with Crippen LogP contribution in [0, 0.1) is 0 Å². The SMILES string of the molecule is C[C@@H](Cc1ccsc1)NCc1cccc(NC(=O)[C@H]2CCCO2)c1. The number of hydrogen-bond acceptors (Lipinski definition) is 4. The minimum Gasteiger partial charge on any atom is -0.368 e. The van der Waals surface area contributed by atoms with Gasteiger partial charge in [-0.2, -0.15) is 11.3 Å². The summed E-state index contributed by atoms with van der Waals surface area (Å²) in [7, 11) is 0. The molecule has 4 nitrogen and oxygen atoms in total. The number of benzene rings is 1. The highest BCUT2D eigenvalue weighted by Gasteiger charge is 2.23. The summed E-state index contributed by atoms with van der Waals surface area (Å²) in [6.45, 7) is 3.67. The molecule has 1 aromatic heterocycles. The van der Waals surface area contributed by atoms with Crippen LogP contribution in [0.5, 0.6) is 0 Å². The third-order valence-corrected chi connectivity index (χ3v) is 4.93. The second-order valence-corrected chi connectivity index (χ2v) is 7.09. The Morgan fingerprint density at radius 3 is 3.04 bits per heavy atom. The fraction of sp³-hybridized carbons (Fsp3) is 0.421. The Morgan fingerprint density at radius 1 is 1.38 bits per heavy atom. The molecule has 1 amide bonds. The van der Waals surface area contributed by atoms with Crippen LogP contribution >= 0.6 is 11.3 Å². The molecule has 1 aliphatic rings. The summed E-state index contributed by atoms with van der Waals surface area (Å²) < 4.78 is 5.42. The average molecular weight is 344 g/mol. The van der Waals surface area contributed by atoms with Crippen LogP contribution in [0.1, 0.15) is 30.9 Å². The third-order valence-electron chi connectivity index (χ3n) is 4.19. The van der Waals surface area contributed by atoms with E-state index in [0.29, 0.717) is 12.6 Å². The molecule has 2 N–H and O–H groups in total. The van der Waals surface area contributed by atoms with Gasteiger partial charge in [0.05, 0.1) is 0 Å². The number of amides is 1. The van der Waals surface area contributed by atoms with E-state index < -0.39 is 0 Å². The molecule has 2 aromatic rings. The first-order chi connectivity index (χ1) is 11.7. The Labute approximate surface area is 147 Å². The normalized spacial score (nSPS) is 18.5. The molecule has 5 heteroatoms. The first kappa shape index (κ1) is 17.1. The van der Waals surface area contributed by atoms with E-state index in [1.807, 2.05) is 18.2 Å². The highest BCUT2D eigenvalue weighted by atomic mass is 32.1. The van der Waals surface area contributed by atoms with Gasteiger partial charge in [0.25, 0.3) is 5.91 Å². The van der Waals surface area contributed by atoms with E-state index in [9.17, 15) is 4.79 Å². The summed E-state index contributed by atoms with van der Waals surface area (Å²) in [5, 5.41) is 10.8. The molecule has 0 unspecified atom stereocenters. The Morgan fingerprint density at radius 2 is 2.29 bits per heavy atom. The lowest BCUT2D eigenvalue weighted by molar-refractivity contribution is -0.124. The smallest absolute Gasteiger partial charge is 0.253 e. The number of rotatable bonds is 7. The van der Waals surface area contributed by atoms with Gasteiger partial charge in [0, 0.05) is 24.9 Å². The van der Waals surface area contributed by atoms with Crippen LogP contribution in [0.2, 0.25) is 0 Å². The highest BCUT2D eigenvalue weighted by molar-refractivity contribution is 7.07. The van der Waals surface area contributed by atoms with Crippen molar-refractivity contribution in [1.29, 1.82) is 0 Å². The monoisotopic (exact) mass is 344 g/mol. The third kappa shape index (κ3) is 4.90. The molecule has 1 fully saturated rings. The molecule has 1 aromatic carbocycles. The molecule has 1 saturated heterocycles. The molecule has 0 spiro atoms. The number of thiophene rings is 1. The summed E-state index contributed by atoms with van der Waals surface area (Å²) in [6, 6.07) is 10.6. The van der Waals surface area contributed by atoms with E-state index in [0.717, 1.165) is 37.1 Å². The van der Waals surface area contributed by atoms with Crippen LogP contribution in [0.4, 0.5) is 5.69 Å². The lowest BCUT2D eigenvalue weighted by atomic mass is 10.1. The maximum Gasteiger partial charge on any atom is 0.253 e. The average Bonchev–Trinajstić information content (AvgIpc) is 3.27. The minimum atomic E-state index is -0.294. The first-order valence-corrected chi connectivity index (χ1v) is 9.41. The number of carbonyl (C=O) groups is 1. The predicted molar refractivity (Wildman–Crippen MR) is 98.4 cm³/mol. The van der Waals surface area contributed by atoms with Gasteiger partial charge >= 0.3 is 0 Å². The molecule has 24 heavy (non-hydrogen) atoms. The van der Waals surface area contributed by atoms with Crippen molar-refractivity contribution in [2.24, 2.45) is 0 Å². The predicted octanol–water partition coefficient (Wildman–Crippen LogP) is 3.59. The van der Waals surface area contributed by atoms with Crippen molar-refractivity contribution in [3.05, 3.63) is 52.2 Å². The van der Waals surface area contributed by atoms with E-state index >= 15 is 0 Å². The number of carbonyl (C=O) groups excluding carboxylic acids is 1. The molecule has 0 radical (unpaired) electrons. The van der Waals surface area contributed by atoms with Gasteiger partial charge in [-0.25, -0.2) is 0 Å². The van der Waals surface area contributed by atoms with Crippen LogP contribution < -0.4 is 10.6 Å². The lowest BCUT2D eigenvalue weighted by Crippen LogP contribution is -2.28. The summed E-state index contributed by atoms with van der Waals surface area (Å²) in [4.78, 5) is 12.1. The summed E-state index contributed by atoms with van der Waals surface area (Å²) >= 11 is 1.74. The highest BCUT2D eigenvalue weighted by Crippen LogP contribution is 2.16. The van der Waals surface area contributed by atoms with Crippen LogP contribution in [0.3, 0.4) is 0 Å². The number of nitrogens with one attached hydrogen (secondary N) is 2. The van der Waals surface area contributed by atoms with E-state index in [2.05, 4.69) is 40.5 Å². The van der Waals surface area contributed by atoms with Gasteiger partial charge < -0.3 is 15.4 Å². The number of hydrogen-bond donors (Lipinski definition) is 2. The summed E-state index contributed by atoms with van der Waals surface area (Å²) in [5.74, 6) is -0.0385. The molecule has 2 atom stereocenters. The largest absolute Gasteiger partial charge is 0.368 e. The van der Waals surface area contributed by atoms with E-state index in [-0.39, 0.29) is 12.0 Å². The van der Waals surface area contributed by atoms with Gasteiger partial charge in [-0.15, -0.1) is 0 Å². The van der Waals surface area contributed by atoms with Crippen molar-refractivity contribution < 1.29 is 9.53 Å². The maximum atomic E-state index is 12.1. The van der Waals surface area contributed by atoms with E-state index in [1.54, 1.807) is 11.3 Å². The molecule has 0 aliphatic carbocycles. The molecule has 2 heterocycles. The second-order valence-electron chi connectivity index (χ2n) is 6.31. The van der Waals surface area contributed by atoms with Crippen LogP contribution in [0.15, 0.2) is 41.1 Å². The van der Waals surface area contributed by atoms with Gasteiger partial charge in [-0.1, -0.05) is 12.1 Å². The quantitative estimate of drug-likeness (QED) is 0.807. The Balaban J connectivity index is 1.50. The minimum absolute atomic E-state index is 0.0385. The Bertz CT molecular complexity index is 651. The molecular weight excluding hydrogens is 320 g/mol. The van der Waals surface area contributed by atoms with Crippen molar-refractivity contribution in [3.63, 3.8) is 0 Å². The second kappa shape index (κ2) is 8.42. The number of ether oxygens (including phenoxy) is 1. The summed E-state index contributed by atoms with van der Waals surface area (Å²) in [5.41, 5.74) is 3.37. The molecule has 0 saturated carbocycles. The topological polar surface area (TPSA) is 50.4 Å². The Hall–Kier alpha value is -1.69. The van der Waals surface area contributed by atoms with E-state index in [4.69, 9.17) is 4.74 Å². The lowest BCUT2D eigenvalue weighted by Gasteiger charge is -2.14. The molecule has 0 bridgehead atoms. The van der Waals surface area contributed by atoms with Crippen LogP contribution in [-0.4, -0.2) is 24.7 Å². The van der Waals surface area contributed by atoms with Gasteiger partial charge in [-0.3, -0.25) is 4.79 Å². The van der Waals surface area contributed by atoms with Crippen LogP contribution in [-0.2, 0) is 22.5 Å². The van der Waals surface area contributed by atoms with Crippen molar-refractivity contribution in [2.45, 2.75) is 44.9 Å². The summed E-state index contributed by atoms with van der Waals surface area (Å²) in [6.07, 6.45) is 2.51. The molecule has 1 aliphatic heterocycles. The van der Waals surface area contributed by atoms with Crippen molar-refractivity contribution in [1.82, 2.24) is 5.32 Å². The standard InChI is InChI=1S/C19H24N2O2S/c1-14(10-16-7-9-24-13-16)20-12-15-4-2-5-17(11-15)21-19(22)18-6-3-8-23-18/h2,4-5,7,9,11,13-14,18,20H,3,6,8,10,12H2,1H3,(H,21,22)/t14-,18+/m0/s1. The Kier molecular flexibility index (Phi) is 6.01. The zero-order valence-corrected chi connectivity index (χ0v) is 14.8. The van der Waals surface area contributed by atoms with Gasteiger partial charge in [0.2, 0.25) is 0 Å². The maximum absolute atomic E-state index is 12.1. The zero-order valence-electron chi connectivity index (χ0n) is 14.0. The molecule has 3 rings (SSSR count). The first-order valence-electron chi connectivity index (χ1n) is 8.46. The fourth-order valence-corrected chi connectivity index (χ4v) is 3.57. The van der Waals surface area contributed by atoms with Gasteiger partial charge in [0.1, 0.15) is 6.10 Å². The number of anilines is 1. The van der Waals surface area contributed by atoms with Gasteiger partial charge in [-0.05, 0) is 66.3 Å². The van der Waals surface area contributed by atoms with Crippen LogP contribution in [0.25, 0.3) is 0 Å². The molecule has 128 valence electrons.